The summed E-state index contributed by atoms with van der Waals surface area (Å²) in [5.41, 5.74) is 6.42. The van der Waals surface area contributed by atoms with Gasteiger partial charge in [0, 0.05) is 18.6 Å². The van der Waals surface area contributed by atoms with Gasteiger partial charge in [-0.2, -0.15) is 0 Å². The third-order valence-corrected chi connectivity index (χ3v) is 6.18. The fourth-order valence-corrected chi connectivity index (χ4v) is 4.59. The Kier molecular flexibility index (Phi) is 3.99. The minimum atomic E-state index is -3.29. The second-order valence-corrected chi connectivity index (χ2v) is 7.38. The summed E-state index contributed by atoms with van der Waals surface area (Å²) in [4.78, 5) is 0.384. The Morgan fingerprint density at radius 2 is 2.00 bits per heavy atom. The molecule has 2 N–H and O–H groups in total. The highest BCUT2D eigenvalue weighted by Gasteiger charge is 2.60. The van der Waals surface area contributed by atoms with E-state index in [0.29, 0.717) is 31.1 Å². The highest BCUT2D eigenvalue weighted by molar-refractivity contribution is 7.92. The topological polar surface area (TPSA) is 69.4 Å². The quantitative estimate of drug-likeness (QED) is 0.859. The fraction of sp³-hybridized carbons (Fsp3) is 0.571. The van der Waals surface area contributed by atoms with E-state index in [1.807, 2.05) is 26.0 Å². The Bertz CT molecular complexity index is 538. The van der Waals surface area contributed by atoms with Gasteiger partial charge in [-0.15, -0.1) is 0 Å². The number of rotatable bonds is 6. The molecule has 0 saturated heterocycles. The number of hydrogen-bond donors (Lipinski definition) is 1. The summed E-state index contributed by atoms with van der Waals surface area (Å²) in [5.74, 6) is 0. The maximum Gasteiger partial charge on any atom is 0.181 e. The van der Waals surface area contributed by atoms with Gasteiger partial charge in [0.2, 0.25) is 0 Å². The molecule has 0 amide bonds. The largest absolute Gasteiger partial charge is 0.381 e. The second kappa shape index (κ2) is 5.23. The van der Waals surface area contributed by atoms with E-state index < -0.39 is 15.1 Å². The second-order valence-electron chi connectivity index (χ2n) is 5.25. The molecule has 1 fully saturated rings. The lowest BCUT2D eigenvalue weighted by molar-refractivity contribution is 0.104. The molecule has 2 rings (SSSR count). The van der Waals surface area contributed by atoms with Crippen molar-refractivity contribution in [2.75, 3.05) is 19.8 Å². The van der Waals surface area contributed by atoms with Crippen molar-refractivity contribution < 1.29 is 13.2 Å². The van der Waals surface area contributed by atoms with Crippen LogP contribution < -0.4 is 5.73 Å². The molecule has 0 spiro atoms. The summed E-state index contributed by atoms with van der Waals surface area (Å²) < 4.78 is 30.5. The van der Waals surface area contributed by atoms with Crippen LogP contribution in [0.15, 0.2) is 29.2 Å². The first-order valence-corrected chi connectivity index (χ1v) is 8.09. The van der Waals surface area contributed by atoms with Gasteiger partial charge in [0.05, 0.1) is 16.8 Å². The number of aryl methyl sites for hydroxylation is 1. The molecule has 0 bridgehead atoms. The zero-order valence-corrected chi connectivity index (χ0v) is 12.2. The van der Waals surface area contributed by atoms with Crippen LogP contribution in [0, 0.1) is 12.3 Å². The van der Waals surface area contributed by atoms with Crippen LogP contribution in [0.25, 0.3) is 0 Å². The van der Waals surface area contributed by atoms with Crippen LogP contribution in [-0.2, 0) is 14.6 Å². The van der Waals surface area contributed by atoms with Crippen LogP contribution in [0.2, 0.25) is 0 Å². The number of hydrogen-bond acceptors (Lipinski definition) is 4. The van der Waals surface area contributed by atoms with Gasteiger partial charge in [-0.3, -0.25) is 0 Å². The van der Waals surface area contributed by atoms with E-state index in [1.54, 1.807) is 12.1 Å². The van der Waals surface area contributed by atoms with Gasteiger partial charge in [0.25, 0.3) is 0 Å². The number of ether oxygens (including phenoxy) is 1. The summed E-state index contributed by atoms with van der Waals surface area (Å²) in [6.07, 6.45) is 0.597. The molecule has 19 heavy (non-hydrogen) atoms. The van der Waals surface area contributed by atoms with Crippen LogP contribution >= 0.6 is 0 Å². The molecule has 1 saturated carbocycles. The third kappa shape index (κ3) is 2.68. The molecule has 0 radical (unpaired) electrons. The van der Waals surface area contributed by atoms with Gasteiger partial charge >= 0.3 is 0 Å². The van der Waals surface area contributed by atoms with E-state index in [-0.39, 0.29) is 5.41 Å². The van der Waals surface area contributed by atoms with E-state index in [4.69, 9.17) is 10.5 Å². The average molecular weight is 283 g/mol. The monoisotopic (exact) mass is 283 g/mol. The first kappa shape index (κ1) is 14.5. The maximum atomic E-state index is 12.5. The number of sulfone groups is 1. The van der Waals surface area contributed by atoms with Crippen molar-refractivity contribution in [3.05, 3.63) is 29.8 Å². The molecule has 1 aromatic rings. The smallest absolute Gasteiger partial charge is 0.181 e. The highest BCUT2D eigenvalue weighted by Crippen LogP contribution is 2.52. The van der Waals surface area contributed by atoms with Gasteiger partial charge in [-0.25, -0.2) is 8.42 Å². The Morgan fingerprint density at radius 1 is 1.37 bits per heavy atom. The van der Waals surface area contributed by atoms with Crippen molar-refractivity contribution in [2.45, 2.75) is 30.4 Å². The van der Waals surface area contributed by atoms with Crippen LogP contribution in [0.1, 0.15) is 18.9 Å². The predicted octanol–water partition coefficient (Wildman–Crippen LogP) is 1.52. The minimum absolute atomic E-state index is 0.350. The van der Waals surface area contributed by atoms with E-state index >= 15 is 0 Å². The molecular weight excluding hydrogens is 262 g/mol. The standard InChI is InChI=1S/C14H21NO3S/c1-3-18-10-14(9-15)8-13(14)19(16,17)12-6-4-11(2)5-7-12/h4-7,13H,3,8-10,15H2,1-2H3/t13-,14-/m0/s1. The molecule has 0 heterocycles. The molecular formula is C14H21NO3S. The summed E-state index contributed by atoms with van der Waals surface area (Å²) in [5, 5.41) is -0.403. The van der Waals surface area contributed by atoms with Crippen molar-refractivity contribution in [1.29, 1.82) is 0 Å². The molecule has 1 aliphatic carbocycles. The van der Waals surface area contributed by atoms with E-state index in [9.17, 15) is 8.42 Å². The summed E-state index contributed by atoms with van der Waals surface area (Å²) in [6.45, 7) is 5.19. The lowest BCUT2D eigenvalue weighted by Crippen LogP contribution is -2.28. The highest BCUT2D eigenvalue weighted by atomic mass is 32.2. The van der Waals surface area contributed by atoms with Crippen molar-refractivity contribution in [3.63, 3.8) is 0 Å². The Balaban J connectivity index is 2.20. The molecule has 0 unspecified atom stereocenters. The fourth-order valence-electron chi connectivity index (χ4n) is 2.37. The van der Waals surface area contributed by atoms with E-state index in [0.717, 1.165) is 5.56 Å². The molecule has 2 atom stereocenters. The zero-order valence-electron chi connectivity index (χ0n) is 11.4. The molecule has 5 heteroatoms. The molecule has 1 aromatic carbocycles. The van der Waals surface area contributed by atoms with Crippen molar-refractivity contribution >= 4 is 9.84 Å². The summed E-state index contributed by atoms with van der Waals surface area (Å²) >= 11 is 0. The summed E-state index contributed by atoms with van der Waals surface area (Å²) in [7, 11) is -3.29. The third-order valence-electron chi connectivity index (χ3n) is 3.84. The molecule has 106 valence electrons. The van der Waals surface area contributed by atoms with Gasteiger partial charge < -0.3 is 10.5 Å². The Labute approximate surface area is 114 Å². The van der Waals surface area contributed by atoms with E-state index in [2.05, 4.69) is 0 Å². The van der Waals surface area contributed by atoms with Crippen molar-refractivity contribution in [1.82, 2.24) is 0 Å². The van der Waals surface area contributed by atoms with Crippen molar-refractivity contribution in [3.8, 4) is 0 Å². The summed E-state index contributed by atoms with van der Waals surface area (Å²) in [6, 6.07) is 6.99. The Morgan fingerprint density at radius 3 is 2.53 bits per heavy atom. The predicted molar refractivity (Wildman–Crippen MR) is 74.8 cm³/mol. The first-order valence-electron chi connectivity index (χ1n) is 6.54. The van der Waals surface area contributed by atoms with Crippen LogP contribution in [0.4, 0.5) is 0 Å². The molecule has 0 aromatic heterocycles. The van der Waals surface area contributed by atoms with Crippen LogP contribution in [-0.4, -0.2) is 33.4 Å². The van der Waals surface area contributed by atoms with E-state index in [1.165, 1.54) is 0 Å². The lowest BCUT2D eigenvalue weighted by atomic mass is 10.1. The van der Waals surface area contributed by atoms with Crippen molar-refractivity contribution in [2.24, 2.45) is 11.1 Å². The normalized spacial score (nSPS) is 26.4. The van der Waals surface area contributed by atoms with Gasteiger partial charge in [-0.05, 0) is 32.4 Å². The molecule has 0 aliphatic heterocycles. The average Bonchev–Trinajstić information content (AvgIpc) is 3.13. The number of benzene rings is 1. The Hall–Kier alpha value is -0.910. The zero-order chi connectivity index (χ0) is 14.1. The van der Waals surface area contributed by atoms with Gasteiger partial charge in [0.15, 0.2) is 9.84 Å². The van der Waals surface area contributed by atoms with Gasteiger partial charge in [-0.1, -0.05) is 17.7 Å². The molecule has 4 nitrogen and oxygen atoms in total. The minimum Gasteiger partial charge on any atom is -0.381 e. The van der Waals surface area contributed by atoms with Crippen LogP contribution in [0.3, 0.4) is 0 Å². The maximum absolute atomic E-state index is 12.5. The lowest BCUT2D eigenvalue weighted by Gasteiger charge is -2.15. The first-order chi connectivity index (χ1) is 8.96. The van der Waals surface area contributed by atoms with Gasteiger partial charge in [0.1, 0.15) is 0 Å². The molecule has 1 aliphatic rings. The SMILES string of the molecule is CCOC[C@@]1(CN)C[C@@H]1S(=O)(=O)c1ccc(C)cc1. The van der Waals surface area contributed by atoms with Crippen LogP contribution in [0.5, 0.6) is 0 Å². The number of nitrogens with two attached hydrogens (primary N) is 1.